The van der Waals surface area contributed by atoms with Crippen molar-refractivity contribution in [3.05, 3.63) is 71.8 Å². The first kappa shape index (κ1) is 26.8. The Balaban J connectivity index is 1.28. The number of esters is 2. The Hall–Kier alpha value is -4.27. The summed E-state index contributed by atoms with van der Waals surface area (Å²) in [6.07, 6.45) is 6.16. The molecule has 1 saturated heterocycles. The van der Waals surface area contributed by atoms with Crippen LogP contribution in [0, 0.1) is 17.8 Å². The summed E-state index contributed by atoms with van der Waals surface area (Å²) < 4.78 is 10.2. The summed E-state index contributed by atoms with van der Waals surface area (Å²) in [5.41, 5.74) is 1.38. The Bertz CT molecular complexity index is 1250. The Kier molecular flexibility index (Phi) is 8.35. The van der Waals surface area contributed by atoms with Crippen LogP contribution in [0.25, 0.3) is 0 Å². The van der Waals surface area contributed by atoms with Gasteiger partial charge in [-0.15, -0.1) is 0 Å². The molecule has 2 aromatic rings. The molecule has 2 aromatic carbocycles. The number of hydrogen-bond donors (Lipinski definition) is 1. The first-order chi connectivity index (χ1) is 18.3. The highest BCUT2D eigenvalue weighted by molar-refractivity contribution is 6.22. The fourth-order valence-corrected chi connectivity index (χ4v) is 4.64. The van der Waals surface area contributed by atoms with Crippen molar-refractivity contribution in [3.8, 4) is 0 Å². The number of allylic oxidation sites excluding steroid dienone is 2. The summed E-state index contributed by atoms with van der Waals surface area (Å²) in [7, 11) is 0. The van der Waals surface area contributed by atoms with Gasteiger partial charge in [-0.25, -0.2) is 9.59 Å². The summed E-state index contributed by atoms with van der Waals surface area (Å²) in [6.45, 7) is 3.77. The highest BCUT2D eigenvalue weighted by Crippen LogP contribution is 2.40. The van der Waals surface area contributed by atoms with Crippen LogP contribution in [0.3, 0.4) is 0 Å². The van der Waals surface area contributed by atoms with Crippen molar-refractivity contribution < 1.29 is 33.4 Å². The first-order valence-corrected chi connectivity index (χ1v) is 12.7. The van der Waals surface area contributed by atoms with E-state index in [2.05, 4.69) is 5.32 Å². The number of anilines is 2. The van der Waals surface area contributed by atoms with Gasteiger partial charge in [0.05, 0.1) is 35.3 Å². The van der Waals surface area contributed by atoms with Gasteiger partial charge in [0, 0.05) is 5.69 Å². The average molecular weight is 519 g/mol. The quantitative estimate of drug-likeness (QED) is 0.229. The van der Waals surface area contributed by atoms with Gasteiger partial charge >= 0.3 is 11.9 Å². The molecule has 0 radical (unpaired) electrons. The Morgan fingerprint density at radius 3 is 2.18 bits per heavy atom. The van der Waals surface area contributed by atoms with Crippen molar-refractivity contribution in [1.29, 1.82) is 0 Å². The summed E-state index contributed by atoms with van der Waals surface area (Å²) >= 11 is 0. The molecule has 2 aliphatic rings. The Labute approximate surface area is 220 Å². The second-order valence-corrected chi connectivity index (χ2v) is 9.41. The summed E-state index contributed by atoms with van der Waals surface area (Å²) in [5, 5.41) is 2.60. The molecule has 1 fully saturated rings. The second kappa shape index (κ2) is 11.9. The van der Waals surface area contributed by atoms with E-state index in [9.17, 15) is 24.0 Å². The maximum Gasteiger partial charge on any atom is 0.338 e. The van der Waals surface area contributed by atoms with Crippen LogP contribution in [0.4, 0.5) is 11.4 Å². The van der Waals surface area contributed by atoms with Crippen LogP contribution in [0.1, 0.15) is 53.8 Å². The highest BCUT2D eigenvalue weighted by atomic mass is 16.5. The molecule has 3 atom stereocenters. The Morgan fingerprint density at radius 1 is 0.921 bits per heavy atom. The number of hydrogen-bond acceptors (Lipinski definition) is 7. The molecular formula is C29H30N2O7. The second-order valence-electron chi connectivity index (χ2n) is 9.41. The topological polar surface area (TPSA) is 119 Å². The number of amides is 3. The zero-order valence-corrected chi connectivity index (χ0v) is 21.3. The molecule has 0 aromatic heterocycles. The lowest BCUT2D eigenvalue weighted by atomic mass is 9.78. The molecule has 0 saturated carbocycles. The number of unbranched alkanes of at least 4 members (excludes halogenated alkanes) is 1. The number of ether oxygens (including phenoxy) is 2. The summed E-state index contributed by atoms with van der Waals surface area (Å²) in [5.74, 6) is -2.91. The fourth-order valence-electron chi connectivity index (χ4n) is 4.64. The van der Waals surface area contributed by atoms with Gasteiger partial charge in [-0.2, -0.15) is 0 Å². The first-order valence-electron chi connectivity index (χ1n) is 12.7. The molecule has 0 unspecified atom stereocenters. The van der Waals surface area contributed by atoms with Crippen molar-refractivity contribution in [3.63, 3.8) is 0 Å². The number of nitrogens with zero attached hydrogens (tertiary/aromatic N) is 1. The van der Waals surface area contributed by atoms with Gasteiger partial charge in [-0.3, -0.25) is 19.3 Å². The van der Waals surface area contributed by atoms with Crippen molar-refractivity contribution in [1.82, 2.24) is 0 Å². The van der Waals surface area contributed by atoms with Gasteiger partial charge in [-0.05, 0) is 67.3 Å². The lowest BCUT2D eigenvalue weighted by Gasteiger charge is -2.22. The van der Waals surface area contributed by atoms with Crippen LogP contribution in [0.15, 0.2) is 60.7 Å². The van der Waals surface area contributed by atoms with Gasteiger partial charge in [0.2, 0.25) is 11.8 Å². The highest BCUT2D eigenvalue weighted by Gasteiger charge is 2.50. The number of carbonyl (C=O) groups is 5. The minimum absolute atomic E-state index is 0.0133. The average Bonchev–Trinajstić information content (AvgIpc) is 3.18. The minimum Gasteiger partial charge on any atom is -0.462 e. The van der Waals surface area contributed by atoms with E-state index in [0.29, 0.717) is 30.0 Å². The molecule has 0 bridgehead atoms. The zero-order chi connectivity index (χ0) is 27.2. The van der Waals surface area contributed by atoms with E-state index in [0.717, 1.165) is 12.8 Å². The number of fused-ring (bicyclic) bond motifs is 1. The van der Waals surface area contributed by atoms with E-state index in [-0.39, 0.29) is 35.1 Å². The monoisotopic (exact) mass is 518 g/mol. The van der Waals surface area contributed by atoms with E-state index in [4.69, 9.17) is 9.47 Å². The van der Waals surface area contributed by atoms with Crippen LogP contribution >= 0.6 is 0 Å². The molecule has 1 heterocycles. The fraction of sp³-hybridized carbons (Fsp3) is 0.345. The van der Waals surface area contributed by atoms with Crippen LogP contribution in [0.2, 0.25) is 0 Å². The van der Waals surface area contributed by atoms with Crippen LogP contribution in [0.5, 0.6) is 0 Å². The number of rotatable bonds is 9. The predicted octanol–water partition coefficient (Wildman–Crippen LogP) is 4.14. The molecule has 38 heavy (non-hydrogen) atoms. The minimum atomic E-state index is -0.720. The van der Waals surface area contributed by atoms with Crippen molar-refractivity contribution in [2.75, 3.05) is 23.4 Å². The van der Waals surface area contributed by atoms with Gasteiger partial charge in [0.15, 0.2) is 6.61 Å². The lowest BCUT2D eigenvalue weighted by molar-refractivity contribution is -0.123. The van der Waals surface area contributed by atoms with Crippen molar-refractivity contribution in [2.45, 2.75) is 33.1 Å². The predicted molar refractivity (Wildman–Crippen MR) is 139 cm³/mol. The molecule has 9 nitrogen and oxygen atoms in total. The standard InChI is InChI=1S/C29H30N2O7/c1-3-4-16-37-28(35)19-8-12-21(13-9-19)30-24(32)17-38-29(36)20-10-14-22(15-11-20)31-26(33)23-7-5-6-18(2)25(23)27(31)34/h5-6,8-15,18,23,25H,3-4,7,16-17H2,1-2H3,(H,30,32)/t18-,23+,25+/m0/s1. The largest absolute Gasteiger partial charge is 0.462 e. The molecule has 3 amide bonds. The third-order valence-electron chi connectivity index (χ3n) is 6.70. The lowest BCUT2D eigenvalue weighted by Crippen LogP contribution is -2.31. The number of imide groups is 1. The van der Waals surface area contributed by atoms with Gasteiger partial charge in [0.25, 0.3) is 5.91 Å². The molecule has 9 heteroatoms. The van der Waals surface area contributed by atoms with Crippen LogP contribution in [-0.4, -0.2) is 42.9 Å². The van der Waals surface area contributed by atoms with Gasteiger partial charge < -0.3 is 14.8 Å². The summed E-state index contributed by atoms with van der Waals surface area (Å²) in [4.78, 5) is 63.6. The molecule has 1 aliphatic carbocycles. The van der Waals surface area contributed by atoms with Crippen LogP contribution < -0.4 is 10.2 Å². The molecule has 4 rings (SSSR count). The van der Waals surface area contributed by atoms with Crippen LogP contribution in [-0.2, 0) is 23.9 Å². The van der Waals surface area contributed by atoms with Gasteiger partial charge in [0.1, 0.15) is 0 Å². The third kappa shape index (κ3) is 5.82. The maximum absolute atomic E-state index is 12.9. The van der Waals surface area contributed by atoms with Crippen molar-refractivity contribution in [2.24, 2.45) is 17.8 Å². The van der Waals surface area contributed by atoms with Gasteiger partial charge in [-0.1, -0.05) is 32.4 Å². The van der Waals surface area contributed by atoms with E-state index in [1.54, 1.807) is 24.3 Å². The molecular weight excluding hydrogens is 488 g/mol. The zero-order valence-electron chi connectivity index (χ0n) is 21.3. The number of carbonyl (C=O) groups excluding carboxylic acids is 5. The SMILES string of the molecule is CCCCOC(=O)c1ccc(NC(=O)COC(=O)c2ccc(N3C(=O)[C@@H]4[C@@H](C)C=CC[C@H]4C3=O)cc2)cc1. The third-order valence-corrected chi connectivity index (χ3v) is 6.70. The van der Waals surface area contributed by atoms with E-state index in [1.807, 2.05) is 26.0 Å². The molecule has 1 aliphatic heterocycles. The summed E-state index contributed by atoms with van der Waals surface area (Å²) in [6, 6.07) is 12.2. The number of nitrogens with one attached hydrogen (secondary N) is 1. The van der Waals surface area contributed by atoms with Crippen molar-refractivity contribution >= 4 is 41.0 Å². The van der Waals surface area contributed by atoms with E-state index >= 15 is 0 Å². The maximum atomic E-state index is 12.9. The smallest absolute Gasteiger partial charge is 0.338 e. The normalized spacial score (nSPS) is 20.2. The van der Waals surface area contributed by atoms with E-state index < -0.39 is 24.5 Å². The number of benzene rings is 2. The Morgan fingerprint density at radius 2 is 1.55 bits per heavy atom. The molecule has 1 N–H and O–H groups in total. The molecule has 198 valence electrons. The molecule has 0 spiro atoms. The van der Waals surface area contributed by atoms with E-state index in [1.165, 1.54) is 29.2 Å².